The van der Waals surface area contributed by atoms with E-state index in [1.54, 1.807) is 0 Å². The van der Waals surface area contributed by atoms with E-state index in [0.29, 0.717) is 16.9 Å². The fraction of sp³-hybridized carbons (Fsp3) is 0.222. The molecule has 28 heavy (non-hydrogen) atoms. The quantitative estimate of drug-likeness (QED) is 0.329. The Morgan fingerprint density at radius 1 is 1.36 bits per heavy atom. The van der Waals surface area contributed by atoms with Gasteiger partial charge in [0, 0.05) is 17.8 Å². The van der Waals surface area contributed by atoms with Gasteiger partial charge >= 0.3 is 0 Å². The first kappa shape index (κ1) is 19.4. The number of anilines is 2. The average Bonchev–Trinajstić information content (AvgIpc) is 2.69. The molecule has 0 bridgehead atoms. The molecule has 0 radical (unpaired) electrons. The van der Waals surface area contributed by atoms with Crippen LogP contribution in [0.2, 0.25) is 0 Å². The van der Waals surface area contributed by atoms with Crippen molar-refractivity contribution in [2.45, 2.75) is 12.2 Å². The summed E-state index contributed by atoms with van der Waals surface area (Å²) in [7, 11) is 0. The number of carbonyl (C=O) groups excluding carboxylic acids is 2. The van der Waals surface area contributed by atoms with Crippen LogP contribution >= 0.6 is 0 Å². The Balaban J connectivity index is 1.69. The van der Waals surface area contributed by atoms with Crippen molar-refractivity contribution in [2.24, 2.45) is 5.73 Å². The number of aromatic nitrogens is 1. The van der Waals surface area contributed by atoms with E-state index in [4.69, 9.17) is 15.9 Å². The number of morpholine rings is 1. The van der Waals surface area contributed by atoms with Gasteiger partial charge in [-0.05, 0) is 36.4 Å². The molecule has 1 fully saturated rings. The lowest BCUT2D eigenvalue weighted by Gasteiger charge is -2.33. The van der Waals surface area contributed by atoms with Crippen molar-refractivity contribution >= 4 is 29.0 Å². The zero-order valence-electron chi connectivity index (χ0n) is 14.6. The van der Waals surface area contributed by atoms with E-state index >= 15 is 0 Å². The molecule has 2 amide bonds. The smallest absolute Gasteiger partial charge is 0.259 e. The zero-order valence-corrected chi connectivity index (χ0v) is 14.6. The van der Waals surface area contributed by atoms with Crippen molar-refractivity contribution in [1.29, 1.82) is 5.41 Å². The number of aliphatic hydroxyl groups excluding tert-OH is 1. The minimum Gasteiger partial charge on any atom is -0.384 e. The van der Waals surface area contributed by atoms with E-state index in [9.17, 15) is 19.1 Å². The number of pyridine rings is 1. The Hall–Kier alpha value is -3.37. The van der Waals surface area contributed by atoms with E-state index in [0.717, 1.165) is 6.07 Å². The standard InChI is InChI=1S/C18H18FN5O4/c19-13-6-5-12(9-22-13)24-7-8-28-15(18(24)27)14(25)17(26)23-11-3-1-10(2-4-11)16(20)21/h1-6,9,14-15,25H,7-8H2,(H3,20,21)(H,23,26). The van der Waals surface area contributed by atoms with Gasteiger partial charge in [-0.15, -0.1) is 0 Å². The summed E-state index contributed by atoms with van der Waals surface area (Å²) in [6, 6.07) is 8.60. The van der Waals surface area contributed by atoms with Crippen LogP contribution in [0.3, 0.4) is 0 Å². The highest BCUT2D eigenvalue weighted by molar-refractivity contribution is 6.04. The number of nitrogens with two attached hydrogens (primary N) is 1. The summed E-state index contributed by atoms with van der Waals surface area (Å²) in [6.07, 6.45) is -1.97. The van der Waals surface area contributed by atoms with Crippen LogP contribution in [0.15, 0.2) is 42.6 Å². The number of benzene rings is 1. The molecule has 146 valence electrons. The molecule has 2 unspecified atom stereocenters. The lowest BCUT2D eigenvalue weighted by molar-refractivity contribution is -0.150. The second-order valence-electron chi connectivity index (χ2n) is 6.05. The van der Waals surface area contributed by atoms with Crippen molar-refractivity contribution < 1.29 is 23.8 Å². The van der Waals surface area contributed by atoms with Gasteiger partial charge in [-0.3, -0.25) is 15.0 Å². The summed E-state index contributed by atoms with van der Waals surface area (Å²) < 4.78 is 18.3. The van der Waals surface area contributed by atoms with Crippen molar-refractivity contribution in [3.8, 4) is 0 Å². The first-order valence-electron chi connectivity index (χ1n) is 8.35. The number of amidine groups is 1. The maximum Gasteiger partial charge on any atom is 0.259 e. The molecule has 0 saturated carbocycles. The van der Waals surface area contributed by atoms with Gasteiger partial charge in [-0.1, -0.05) is 0 Å². The lowest BCUT2D eigenvalue weighted by atomic mass is 10.1. The first-order valence-corrected chi connectivity index (χ1v) is 8.35. The molecule has 1 aliphatic rings. The van der Waals surface area contributed by atoms with Gasteiger partial charge in [-0.2, -0.15) is 4.39 Å². The van der Waals surface area contributed by atoms with Crippen molar-refractivity contribution in [2.75, 3.05) is 23.4 Å². The summed E-state index contributed by atoms with van der Waals surface area (Å²) in [6.45, 7) is 0.273. The third-order valence-corrected chi connectivity index (χ3v) is 4.16. The number of hydrogen-bond acceptors (Lipinski definition) is 6. The molecule has 1 aromatic heterocycles. The predicted octanol–water partition coefficient (Wildman–Crippen LogP) is 0.236. The molecule has 2 heterocycles. The van der Waals surface area contributed by atoms with Crippen LogP contribution in [-0.2, 0) is 14.3 Å². The number of nitrogens with zero attached hydrogens (tertiary/aromatic N) is 2. The molecule has 2 aromatic rings. The maximum absolute atomic E-state index is 13.0. The number of carbonyl (C=O) groups is 2. The number of nitrogen functional groups attached to an aromatic ring is 1. The molecule has 1 saturated heterocycles. The average molecular weight is 387 g/mol. The molecule has 1 aliphatic heterocycles. The second-order valence-corrected chi connectivity index (χ2v) is 6.05. The van der Waals surface area contributed by atoms with Crippen LogP contribution in [0.5, 0.6) is 0 Å². The molecule has 5 N–H and O–H groups in total. The first-order chi connectivity index (χ1) is 13.4. The van der Waals surface area contributed by atoms with Gasteiger partial charge in [0.1, 0.15) is 5.84 Å². The maximum atomic E-state index is 13.0. The number of aliphatic hydroxyl groups is 1. The fourth-order valence-corrected chi connectivity index (χ4v) is 2.70. The van der Waals surface area contributed by atoms with Crippen LogP contribution < -0.4 is 16.0 Å². The molecule has 2 atom stereocenters. The van der Waals surface area contributed by atoms with Crippen LogP contribution in [0.4, 0.5) is 15.8 Å². The van der Waals surface area contributed by atoms with Crippen molar-refractivity contribution in [1.82, 2.24) is 4.98 Å². The van der Waals surface area contributed by atoms with E-state index < -0.39 is 30.0 Å². The van der Waals surface area contributed by atoms with Crippen LogP contribution in [0, 0.1) is 11.4 Å². The van der Waals surface area contributed by atoms with E-state index in [1.807, 2.05) is 0 Å². The Morgan fingerprint density at radius 2 is 2.07 bits per heavy atom. The van der Waals surface area contributed by atoms with Crippen LogP contribution in [0.1, 0.15) is 5.56 Å². The van der Waals surface area contributed by atoms with Gasteiger partial charge in [0.25, 0.3) is 11.8 Å². The van der Waals surface area contributed by atoms with E-state index in [1.165, 1.54) is 41.4 Å². The number of nitrogens with one attached hydrogen (secondary N) is 2. The molecule has 9 nitrogen and oxygen atoms in total. The molecule has 3 rings (SSSR count). The van der Waals surface area contributed by atoms with Gasteiger partial charge in [0.15, 0.2) is 12.2 Å². The van der Waals surface area contributed by atoms with Crippen molar-refractivity contribution in [3.63, 3.8) is 0 Å². The normalized spacial score (nSPS) is 17.9. The Morgan fingerprint density at radius 3 is 2.68 bits per heavy atom. The molecule has 0 spiro atoms. The SMILES string of the molecule is N=C(N)c1ccc(NC(=O)C(O)C2OCCN(c3ccc(F)nc3)C2=O)cc1. The summed E-state index contributed by atoms with van der Waals surface area (Å²) in [5.74, 6) is -2.26. The third kappa shape index (κ3) is 4.13. The van der Waals surface area contributed by atoms with Gasteiger partial charge in [0.05, 0.1) is 18.5 Å². The van der Waals surface area contributed by atoms with Crippen LogP contribution in [0.25, 0.3) is 0 Å². The van der Waals surface area contributed by atoms with Gasteiger partial charge in [0.2, 0.25) is 5.95 Å². The zero-order chi connectivity index (χ0) is 20.3. The second kappa shape index (κ2) is 8.11. The fourth-order valence-electron chi connectivity index (χ4n) is 2.70. The lowest BCUT2D eigenvalue weighted by Crippen LogP contribution is -2.55. The van der Waals surface area contributed by atoms with Crippen molar-refractivity contribution in [3.05, 3.63) is 54.1 Å². The Labute approximate surface area is 159 Å². The summed E-state index contributed by atoms with van der Waals surface area (Å²) in [5, 5.41) is 20.1. The predicted molar refractivity (Wildman–Crippen MR) is 98.4 cm³/mol. The highest BCUT2D eigenvalue weighted by Crippen LogP contribution is 2.20. The Bertz CT molecular complexity index is 888. The minimum atomic E-state index is -1.75. The van der Waals surface area contributed by atoms with Crippen LogP contribution in [-0.4, -0.2) is 53.1 Å². The van der Waals surface area contributed by atoms with E-state index in [2.05, 4.69) is 10.3 Å². The number of amides is 2. The molecular formula is C18H18FN5O4. The topological polar surface area (TPSA) is 142 Å². The molecule has 10 heteroatoms. The highest BCUT2D eigenvalue weighted by Gasteiger charge is 2.39. The highest BCUT2D eigenvalue weighted by atomic mass is 19.1. The monoisotopic (exact) mass is 387 g/mol. The largest absolute Gasteiger partial charge is 0.384 e. The van der Waals surface area contributed by atoms with Gasteiger partial charge < -0.3 is 25.8 Å². The Kier molecular flexibility index (Phi) is 5.62. The molecular weight excluding hydrogens is 369 g/mol. The van der Waals surface area contributed by atoms with Gasteiger partial charge in [-0.25, -0.2) is 4.98 Å². The number of ether oxygens (including phenoxy) is 1. The summed E-state index contributed by atoms with van der Waals surface area (Å²) in [4.78, 5) is 29.7. The third-order valence-electron chi connectivity index (χ3n) is 4.16. The number of halogens is 1. The summed E-state index contributed by atoms with van der Waals surface area (Å²) >= 11 is 0. The molecule has 1 aromatic carbocycles. The molecule has 0 aliphatic carbocycles. The number of hydrogen-bond donors (Lipinski definition) is 4. The minimum absolute atomic E-state index is 0.0887. The van der Waals surface area contributed by atoms with E-state index in [-0.39, 0.29) is 19.0 Å². The summed E-state index contributed by atoms with van der Waals surface area (Å²) in [5.41, 5.74) is 6.55. The number of rotatable bonds is 5.